The van der Waals surface area contributed by atoms with E-state index in [0.29, 0.717) is 11.3 Å². The molecule has 2 rings (SSSR count). The number of benzene rings is 1. The summed E-state index contributed by atoms with van der Waals surface area (Å²) in [5, 5.41) is 2.67. The predicted octanol–water partition coefficient (Wildman–Crippen LogP) is 2.41. The van der Waals surface area contributed by atoms with Crippen LogP contribution in [0.4, 0.5) is 5.69 Å². The Morgan fingerprint density at radius 2 is 1.74 bits per heavy atom. The van der Waals surface area contributed by atoms with Crippen LogP contribution in [0.15, 0.2) is 53.7 Å². The zero-order valence-electron chi connectivity index (χ0n) is 13.2. The maximum atomic E-state index is 12.3. The lowest BCUT2D eigenvalue weighted by Gasteiger charge is -2.20. The Morgan fingerprint density at radius 1 is 1.09 bits per heavy atom. The Kier molecular flexibility index (Phi) is 4.82. The summed E-state index contributed by atoms with van der Waals surface area (Å²) in [7, 11) is -3.65. The van der Waals surface area contributed by atoms with Crippen molar-refractivity contribution >= 4 is 21.6 Å². The summed E-state index contributed by atoms with van der Waals surface area (Å²) in [6, 6.07) is 9.28. The van der Waals surface area contributed by atoms with Crippen molar-refractivity contribution in [1.29, 1.82) is 0 Å². The molecule has 23 heavy (non-hydrogen) atoms. The maximum Gasteiger partial charge on any atom is 0.255 e. The van der Waals surface area contributed by atoms with E-state index in [1.165, 1.54) is 24.5 Å². The average Bonchev–Trinajstić information content (AvgIpc) is 2.46. The molecule has 2 aromatic rings. The van der Waals surface area contributed by atoms with E-state index in [9.17, 15) is 13.2 Å². The molecule has 0 saturated heterocycles. The van der Waals surface area contributed by atoms with Crippen LogP contribution in [-0.2, 0) is 10.0 Å². The number of aromatic nitrogens is 1. The fourth-order valence-electron chi connectivity index (χ4n) is 1.91. The van der Waals surface area contributed by atoms with Crippen molar-refractivity contribution in [2.24, 2.45) is 0 Å². The number of hydrogen-bond donors (Lipinski definition) is 2. The minimum Gasteiger partial charge on any atom is -0.322 e. The summed E-state index contributed by atoms with van der Waals surface area (Å²) in [4.78, 5) is 16.0. The third-order valence-electron chi connectivity index (χ3n) is 2.79. The van der Waals surface area contributed by atoms with Crippen LogP contribution >= 0.6 is 0 Å². The second-order valence-corrected chi connectivity index (χ2v) is 7.76. The smallest absolute Gasteiger partial charge is 0.255 e. The number of nitrogens with zero attached hydrogens (tertiary/aromatic N) is 1. The van der Waals surface area contributed by atoms with Crippen LogP contribution in [0.3, 0.4) is 0 Å². The van der Waals surface area contributed by atoms with Crippen LogP contribution in [0.25, 0.3) is 0 Å². The predicted molar refractivity (Wildman–Crippen MR) is 88.7 cm³/mol. The summed E-state index contributed by atoms with van der Waals surface area (Å²) >= 11 is 0. The number of carbonyl (C=O) groups is 1. The largest absolute Gasteiger partial charge is 0.322 e. The lowest BCUT2D eigenvalue weighted by atomic mass is 10.1. The number of hydrogen-bond acceptors (Lipinski definition) is 4. The van der Waals surface area contributed by atoms with Gasteiger partial charge in [-0.1, -0.05) is 6.07 Å². The van der Waals surface area contributed by atoms with E-state index in [1.807, 2.05) is 0 Å². The molecule has 1 aromatic carbocycles. The van der Waals surface area contributed by atoms with Gasteiger partial charge in [-0.25, -0.2) is 13.1 Å². The first kappa shape index (κ1) is 17.1. The molecule has 1 aromatic heterocycles. The van der Waals surface area contributed by atoms with Crippen molar-refractivity contribution in [3.63, 3.8) is 0 Å². The Labute approximate surface area is 136 Å². The summed E-state index contributed by atoms with van der Waals surface area (Å²) in [5.41, 5.74) is 0.263. The molecule has 0 unspecified atom stereocenters. The van der Waals surface area contributed by atoms with E-state index in [1.54, 1.807) is 45.0 Å². The Hall–Kier alpha value is -2.25. The van der Waals surface area contributed by atoms with Gasteiger partial charge in [-0.2, -0.15) is 0 Å². The Bertz CT molecular complexity index is 797. The third-order valence-corrected chi connectivity index (χ3v) is 4.54. The highest BCUT2D eigenvalue weighted by atomic mass is 32.2. The first-order valence-electron chi connectivity index (χ1n) is 7.03. The summed E-state index contributed by atoms with van der Waals surface area (Å²) in [6.07, 6.45) is 3.03. The number of amides is 1. The van der Waals surface area contributed by atoms with Crippen LogP contribution in [0.5, 0.6) is 0 Å². The topological polar surface area (TPSA) is 88.2 Å². The highest BCUT2D eigenvalue weighted by molar-refractivity contribution is 7.89. The van der Waals surface area contributed by atoms with Crippen LogP contribution in [0, 0.1) is 0 Å². The summed E-state index contributed by atoms with van der Waals surface area (Å²) in [6.45, 7) is 5.29. The number of sulfonamides is 1. The van der Waals surface area contributed by atoms with Crippen molar-refractivity contribution in [3.05, 3.63) is 54.4 Å². The van der Waals surface area contributed by atoms with Gasteiger partial charge in [-0.05, 0) is 51.1 Å². The molecule has 0 radical (unpaired) electrons. The van der Waals surface area contributed by atoms with E-state index < -0.39 is 15.6 Å². The monoisotopic (exact) mass is 333 g/mol. The second-order valence-electron chi connectivity index (χ2n) is 6.07. The van der Waals surface area contributed by atoms with Crippen molar-refractivity contribution in [3.8, 4) is 0 Å². The van der Waals surface area contributed by atoms with Crippen LogP contribution in [-0.4, -0.2) is 24.8 Å². The van der Waals surface area contributed by atoms with Gasteiger partial charge in [-0.3, -0.25) is 9.78 Å². The van der Waals surface area contributed by atoms with Crippen molar-refractivity contribution < 1.29 is 13.2 Å². The molecule has 2 N–H and O–H groups in total. The minimum absolute atomic E-state index is 0.0972. The normalized spacial score (nSPS) is 12.0. The van der Waals surface area contributed by atoms with Gasteiger partial charge in [-0.15, -0.1) is 0 Å². The molecule has 1 heterocycles. The minimum atomic E-state index is -3.65. The van der Waals surface area contributed by atoms with E-state index in [0.717, 1.165) is 0 Å². The molecule has 0 bridgehead atoms. The van der Waals surface area contributed by atoms with Gasteiger partial charge in [0, 0.05) is 29.2 Å². The highest BCUT2D eigenvalue weighted by Gasteiger charge is 2.22. The standard InChI is InChI=1S/C16H19N3O3S/c1-16(2,3)19-23(21,22)14-6-4-5-13(11-14)18-15(20)12-7-9-17-10-8-12/h4-11,19H,1-3H3,(H,18,20). The van der Waals surface area contributed by atoms with Gasteiger partial charge in [0.15, 0.2) is 0 Å². The number of pyridine rings is 1. The number of carbonyl (C=O) groups excluding carboxylic acids is 1. The van der Waals surface area contributed by atoms with Gasteiger partial charge in [0.25, 0.3) is 5.91 Å². The van der Waals surface area contributed by atoms with Crippen molar-refractivity contribution in [2.45, 2.75) is 31.2 Å². The van der Waals surface area contributed by atoms with Crippen LogP contribution in [0.2, 0.25) is 0 Å². The summed E-state index contributed by atoms with van der Waals surface area (Å²) in [5.74, 6) is -0.328. The fourth-order valence-corrected chi connectivity index (χ4v) is 3.37. The number of anilines is 1. The second kappa shape index (κ2) is 6.47. The molecule has 0 fully saturated rings. The summed E-state index contributed by atoms with van der Waals surface area (Å²) < 4.78 is 27.2. The fraction of sp³-hybridized carbons (Fsp3) is 0.250. The number of nitrogens with one attached hydrogen (secondary N) is 2. The zero-order valence-corrected chi connectivity index (χ0v) is 14.0. The molecular formula is C16H19N3O3S. The highest BCUT2D eigenvalue weighted by Crippen LogP contribution is 2.18. The Balaban J connectivity index is 2.22. The van der Waals surface area contributed by atoms with E-state index in [4.69, 9.17) is 0 Å². The van der Waals surface area contributed by atoms with Gasteiger partial charge >= 0.3 is 0 Å². The molecule has 0 aliphatic rings. The average molecular weight is 333 g/mol. The first-order valence-corrected chi connectivity index (χ1v) is 8.51. The quantitative estimate of drug-likeness (QED) is 0.899. The molecule has 1 amide bonds. The van der Waals surface area contributed by atoms with E-state index in [-0.39, 0.29) is 10.8 Å². The lowest BCUT2D eigenvalue weighted by Crippen LogP contribution is -2.40. The van der Waals surface area contributed by atoms with Gasteiger partial charge in [0.05, 0.1) is 4.90 Å². The zero-order chi connectivity index (χ0) is 17.1. The molecule has 0 saturated carbocycles. The van der Waals surface area contributed by atoms with Crippen molar-refractivity contribution in [2.75, 3.05) is 5.32 Å². The Morgan fingerprint density at radius 3 is 2.35 bits per heavy atom. The van der Waals surface area contributed by atoms with Crippen LogP contribution < -0.4 is 10.0 Å². The molecule has 0 aliphatic carbocycles. The molecule has 122 valence electrons. The molecule has 0 atom stereocenters. The van der Waals surface area contributed by atoms with Gasteiger partial charge in [0.1, 0.15) is 0 Å². The first-order chi connectivity index (χ1) is 10.7. The van der Waals surface area contributed by atoms with Crippen molar-refractivity contribution in [1.82, 2.24) is 9.71 Å². The molecule has 7 heteroatoms. The SMILES string of the molecule is CC(C)(C)NS(=O)(=O)c1cccc(NC(=O)c2ccncc2)c1. The van der Waals surface area contributed by atoms with Crippen LogP contribution in [0.1, 0.15) is 31.1 Å². The third kappa shape index (κ3) is 4.87. The number of rotatable bonds is 4. The lowest BCUT2D eigenvalue weighted by molar-refractivity contribution is 0.102. The van der Waals surface area contributed by atoms with E-state index in [2.05, 4.69) is 15.0 Å². The molecular weight excluding hydrogens is 314 g/mol. The van der Waals surface area contributed by atoms with Gasteiger partial charge in [0.2, 0.25) is 10.0 Å². The molecule has 0 aliphatic heterocycles. The van der Waals surface area contributed by atoms with E-state index >= 15 is 0 Å². The van der Waals surface area contributed by atoms with Gasteiger partial charge < -0.3 is 5.32 Å². The molecule has 6 nitrogen and oxygen atoms in total. The maximum absolute atomic E-state index is 12.3. The molecule has 0 spiro atoms.